The number of rotatable bonds is 3. The Labute approximate surface area is 66.5 Å². The quantitative estimate of drug-likeness (QED) is 0.614. The summed E-state index contributed by atoms with van der Waals surface area (Å²) in [6.45, 7) is 6.29. The van der Waals surface area contributed by atoms with Gasteiger partial charge in [-0.3, -0.25) is 4.98 Å². The Kier molecular flexibility index (Phi) is 2.66. The van der Waals surface area contributed by atoms with Crippen molar-refractivity contribution in [3.05, 3.63) is 36.7 Å². The van der Waals surface area contributed by atoms with Crippen LogP contribution < -0.4 is 0 Å². The number of pyridine rings is 1. The summed E-state index contributed by atoms with van der Waals surface area (Å²) in [7, 11) is 0. The third-order valence-corrected chi connectivity index (χ3v) is 1.27. The van der Waals surface area contributed by atoms with Gasteiger partial charge in [0, 0.05) is 6.20 Å². The molecule has 1 aromatic heterocycles. The van der Waals surface area contributed by atoms with Gasteiger partial charge in [0.2, 0.25) is 0 Å². The van der Waals surface area contributed by atoms with E-state index in [0.29, 0.717) is 12.4 Å². The minimum absolute atomic E-state index is 0.633. The molecular weight excluding hydrogens is 138 g/mol. The van der Waals surface area contributed by atoms with Crippen LogP contribution in [0.4, 0.5) is 0 Å². The Morgan fingerprint density at radius 1 is 1.64 bits per heavy atom. The third-order valence-electron chi connectivity index (χ3n) is 1.27. The molecule has 0 aliphatic heterocycles. The molecule has 58 valence electrons. The fourth-order valence-corrected chi connectivity index (χ4v) is 0.776. The summed E-state index contributed by atoms with van der Waals surface area (Å²) in [4.78, 5) is 4.07. The highest BCUT2D eigenvalue weighted by Gasteiger charge is 1.96. The van der Waals surface area contributed by atoms with Crippen LogP contribution in [-0.4, -0.2) is 11.6 Å². The highest BCUT2D eigenvalue weighted by molar-refractivity contribution is 5.52. The molecule has 0 aliphatic carbocycles. The molecule has 0 saturated carbocycles. The third kappa shape index (κ3) is 2.08. The number of nitrogens with zero attached hydrogens (tertiary/aromatic N) is 1. The van der Waals surface area contributed by atoms with Crippen LogP contribution in [0.3, 0.4) is 0 Å². The van der Waals surface area contributed by atoms with Gasteiger partial charge in [0.15, 0.2) is 0 Å². The second-order valence-electron chi connectivity index (χ2n) is 2.07. The lowest BCUT2D eigenvalue weighted by Gasteiger charge is -2.04. The highest BCUT2D eigenvalue weighted by Crippen LogP contribution is 2.08. The Balaban J connectivity index is 2.69. The molecule has 0 atom stereocenters. The van der Waals surface area contributed by atoms with E-state index >= 15 is 0 Å². The lowest BCUT2D eigenvalue weighted by Crippen LogP contribution is -1.91. The average molecular weight is 149 g/mol. The SMILES string of the molecule is C=C(OCC)c1ccccn1. The molecular formula is C9H11NO. The summed E-state index contributed by atoms with van der Waals surface area (Å²) in [5.41, 5.74) is 0.800. The molecule has 0 radical (unpaired) electrons. The lowest BCUT2D eigenvalue weighted by molar-refractivity contribution is 0.298. The van der Waals surface area contributed by atoms with Crippen LogP contribution in [0.25, 0.3) is 5.76 Å². The molecule has 0 aliphatic rings. The Bertz CT molecular complexity index is 231. The van der Waals surface area contributed by atoms with Gasteiger partial charge in [-0.2, -0.15) is 0 Å². The molecule has 0 spiro atoms. The van der Waals surface area contributed by atoms with E-state index in [0.717, 1.165) is 5.69 Å². The van der Waals surface area contributed by atoms with Gasteiger partial charge in [0.05, 0.1) is 6.61 Å². The maximum Gasteiger partial charge on any atom is 0.137 e. The smallest absolute Gasteiger partial charge is 0.137 e. The largest absolute Gasteiger partial charge is 0.492 e. The van der Waals surface area contributed by atoms with Crippen LogP contribution in [0.15, 0.2) is 31.0 Å². The molecule has 0 amide bonds. The minimum atomic E-state index is 0.633. The van der Waals surface area contributed by atoms with Gasteiger partial charge in [-0.05, 0) is 19.1 Å². The average Bonchev–Trinajstić information content (AvgIpc) is 2.07. The van der Waals surface area contributed by atoms with Crippen molar-refractivity contribution in [1.29, 1.82) is 0 Å². The molecule has 2 heteroatoms. The van der Waals surface area contributed by atoms with Crippen LogP contribution in [0.1, 0.15) is 12.6 Å². The number of hydrogen-bond acceptors (Lipinski definition) is 2. The van der Waals surface area contributed by atoms with Gasteiger partial charge in [0.25, 0.3) is 0 Å². The van der Waals surface area contributed by atoms with E-state index < -0.39 is 0 Å². The van der Waals surface area contributed by atoms with Crippen LogP contribution in [-0.2, 0) is 4.74 Å². The second-order valence-corrected chi connectivity index (χ2v) is 2.07. The van der Waals surface area contributed by atoms with Crippen LogP contribution >= 0.6 is 0 Å². The fourth-order valence-electron chi connectivity index (χ4n) is 0.776. The topological polar surface area (TPSA) is 22.1 Å². The molecule has 0 unspecified atom stereocenters. The van der Waals surface area contributed by atoms with E-state index in [1.54, 1.807) is 6.20 Å². The molecule has 1 heterocycles. The van der Waals surface area contributed by atoms with Crippen molar-refractivity contribution in [1.82, 2.24) is 4.98 Å². The first-order valence-electron chi connectivity index (χ1n) is 3.57. The summed E-state index contributed by atoms with van der Waals surface area (Å²) in [6, 6.07) is 5.65. The van der Waals surface area contributed by atoms with Gasteiger partial charge in [0.1, 0.15) is 11.5 Å². The van der Waals surface area contributed by atoms with Crippen molar-refractivity contribution in [2.75, 3.05) is 6.61 Å². The maximum absolute atomic E-state index is 5.17. The molecule has 2 nitrogen and oxygen atoms in total. The molecule has 0 saturated heterocycles. The van der Waals surface area contributed by atoms with E-state index in [2.05, 4.69) is 11.6 Å². The summed E-state index contributed by atoms with van der Waals surface area (Å²) in [6.07, 6.45) is 1.72. The number of aromatic nitrogens is 1. The van der Waals surface area contributed by atoms with Gasteiger partial charge >= 0.3 is 0 Å². The van der Waals surface area contributed by atoms with Gasteiger partial charge in [-0.15, -0.1) is 0 Å². The Morgan fingerprint density at radius 3 is 3.00 bits per heavy atom. The van der Waals surface area contributed by atoms with E-state index in [4.69, 9.17) is 4.74 Å². The van der Waals surface area contributed by atoms with Crippen molar-refractivity contribution in [3.8, 4) is 0 Å². The Hall–Kier alpha value is -1.31. The van der Waals surface area contributed by atoms with Crippen molar-refractivity contribution in [2.24, 2.45) is 0 Å². The number of ether oxygens (including phenoxy) is 1. The van der Waals surface area contributed by atoms with Crippen molar-refractivity contribution < 1.29 is 4.74 Å². The summed E-state index contributed by atoms with van der Waals surface area (Å²) in [5, 5.41) is 0. The zero-order valence-electron chi connectivity index (χ0n) is 6.58. The van der Waals surface area contributed by atoms with Crippen molar-refractivity contribution in [3.63, 3.8) is 0 Å². The standard InChI is InChI=1S/C9H11NO/c1-3-11-8(2)9-6-4-5-7-10-9/h4-7H,2-3H2,1H3. The van der Waals surface area contributed by atoms with Crippen molar-refractivity contribution in [2.45, 2.75) is 6.92 Å². The summed E-state index contributed by atoms with van der Waals surface area (Å²) >= 11 is 0. The van der Waals surface area contributed by atoms with E-state index in [1.165, 1.54) is 0 Å². The monoisotopic (exact) mass is 149 g/mol. The zero-order valence-corrected chi connectivity index (χ0v) is 6.58. The van der Waals surface area contributed by atoms with E-state index in [9.17, 15) is 0 Å². The molecule has 0 bridgehead atoms. The first-order valence-corrected chi connectivity index (χ1v) is 3.57. The van der Waals surface area contributed by atoms with Crippen LogP contribution in [0.5, 0.6) is 0 Å². The molecule has 0 aromatic carbocycles. The molecule has 0 fully saturated rings. The summed E-state index contributed by atoms with van der Waals surface area (Å²) in [5.74, 6) is 0.633. The van der Waals surface area contributed by atoms with Gasteiger partial charge in [-0.25, -0.2) is 0 Å². The normalized spacial score (nSPS) is 9.18. The Morgan fingerprint density at radius 2 is 2.45 bits per heavy atom. The second kappa shape index (κ2) is 3.76. The fraction of sp³-hybridized carbons (Fsp3) is 0.222. The van der Waals surface area contributed by atoms with Crippen molar-refractivity contribution >= 4 is 5.76 Å². The number of hydrogen-bond donors (Lipinski definition) is 0. The van der Waals surface area contributed by atoms with Crippen LogP contribution in [0, 0.1) is 0 Å². The molecule has 0 N–H and O–H groups in total. The summed E-state index contributed by atoms with van der Waals surface area (Å²) < 4.78 is 5.17. The van der Waals surface area contributed by atoms with Crippen LogP contribution in [0.2, 0.25) is 0 Å². The molecule has 1 rings (SSSR count). The lowest BCUT2D eigenvalue weighted by atomic mass is 10.3. The predicted molar refractivity (Wildman–Crippen MR) is 44.9 cm³/mol. The minimum Gasteiger partial charge on any atom is -0.492 e. The van der Waals surface area contributed by atoms with E-state index in [1.807, 2.05) is 25.1 Å². The van der Waals surface area contributed by atoms with E-state index in [-0.39, 0.29) is 0 Å². The maximum atomic E-state index is 5.17. The first-order chi connectivity index (χ1) is 5.34. The molecule has 1 aromatic rings. The highest BCUT2D eigenvalue weighted by atomic mass is 16.5. The van der Waals surface area contributed by atoms with Gasteiger partial charge < -0.3 is 4.74 Å². The first kappa shape index (κ1) is 7.79. The predicted octanol–water partition coefficient (Wildman–Crippen LogP) is 2.09. The van der Waals surface area contributed by atoms with Gasteiger partial charge in [-0.1, -0.05) is 12.6 Å². The molecule has 11 heavy (non-hydrogen) atoms. The zero-order chi connectivity index (χ0) is 8.10.